The Morgan fingerprint density at radius 3 is 2.96 bits per heavy atom. The van der Waals surface area contributed by atoms with E-state index in [-0.39, 0.29) is 18.0 Å². The second-order valence-electron chi connectivity index (χ2n) is 5.77. The van der Waals surface area contributed by atoms with E-state index in [9.17, 15) is 9.59 Å². The topological polar surface area (TPSA) is 92.2 Å². The van der Waals surface area contributed by atoms with Crippen molar-refractivity contribution in [2.45, 2.75) is 25.8 Å². The normalized spacial score (nSPS) is 15.4. The van der Waals surface area contributed by atoms with E-state index in [1.165, 1.54) is 0 Å². The van der Waals surface area contributed by atoms with Crippen molar-refractivity contribution in [1.82, 2.24) is 25.0 Å². The molecule has 2 aromatic rings. The van der Waals surface area contributed by atoms with Gasteiger partial charge in [-0.2, -0.15) is 5.10 Å². The number of nitrogens with zero attached hydrogens (tertiary/aromatic N) is 4. The number of amides is 3. The zero-order valence-corrected chi connectivity index (χ0v) is 13.5. The molecule has 8 nitrogen and oxygen atoms in total. The highest BCUT2D eigenvalue weighted by molar-refractivity contribution is 5.91. The van der Waals surface area contributed by atoms with Crippen LogP contribution in [0.4, 0.5) is 10.5 Å². The third-order valence-electron chi connectivity index (χ3n) is 3.80. The van der Waals surface area contributed by atoms with Gasteiger partial charge in [0, 0.05) is 44.1 Å². The van der Waals surface area contributed by atoms with E-state index >= 15 is 0 Å². The molecule has 3 rings (SSSR count). The molecule has 126 valence electrons. The third-order valence-corrected chi connectivity index (χ3v) is 3.80. The summed E-state index contributed by atoms with van der Waals surface area (Å²) in [4.78, 5) is 29.9. The number of anilines is 1. The smallest absolute Gasteiger partial charge is 0.319 e. The lowest BCUT2D eigenvalue weighted by Gasteiger charge is -2.22. The summed E-state index contributed by atoms with van der Waals surface area (Å²) in [6.45, 7) is 3.16. The largest absolute Gasteiger partial charge is 0.341 e. The molecule has 3 heterocycles. The fraction of sp³-hybridized carbons (Fsp3) is 0.375. The minimum absolute atomic E-state index is 0.142. The molecule has 1 aliphatic heterocycles. The van der Waals surface area contributed by atoms with Crippen LogP contribution in [0.25, 0.3) is 5.82 Å². The van der Waals surface area contributed by atoms with Crippen LogP contribution in [0.3, 0.4) is 0 Å². The predicted octanol–water partition coefficient (Wildman–Crippen LogP) is 1.40. The first-order chi connectivity index (χ1) is 11.6. The van der Waals surface area contributed by atoms with Gasteiger partial charge in [0.25, 0.3) is 0 Å². The van der Waals surface area contributed by atoms with Gasteiger partial charge in [-0.25, -0.2) is 14.5 Å². The highest BCUT2D eigenvalue weighted by atomic mass is 16.2. The summed E-state index contributed by atoms with van der Waals surface area (Å²) in [6.07, 6.45) is 6.53. The van der Waals surface area contributed by atoms with E-state index in [1.54, 1.807) is 46.4 Å². The van der Waals surface area contributed by atoms with Crippen LogP contribution in [0.15, 0.2) is 36.8 Å². The maximum absolute atomic E-state index is 12.2. The Morgan fingerprint density at radius 1 is 1.38 bits per heavy atom. The lowest BCUT2D eigenvalue weighted by molar-refractivity contribution is -0.127. The molecule has 0 aliphatic carbocycles. The van der Waals surface area contributed by atoms with Crippen molar-refractivity contribution in [2.24, 2.45) is 0 Å². The Bertz CT molecular complexity index is 715. The molecule has 2 N–H and O–H groups in total. The molecule has 8 heteroatoms. The van der Waals surface area contributed by atoms with Gasteiger partial charge in [0.15, 0.2) is 5.82 Å². The predicted molar refractivity (Wildman–Crippen MR) is 88.8 cm³/mol. The third kappa shape index (κ3) is 3.70. The van der Waals surface area contributed by atoms with Crippen LogP contribution in [0, 0.1) is 0 Å². The van der Waals surface area contributed by atoms with E-state index in [4.69, 9.17) is 0 Å². The van der Waals surface area contributed by atoms with Gasteiger partial charge in [-0.3, -0.25) is 4.79 Å². The molecular weight excluding hydrogens is 308 g/mol. The van der Waals surface area contributed by atoms with Crippen LogP contribution < -0.4 is 10.6 Å². The molecule has 0 bridgehead atoms. The Labute approximate surface area is 139 Å². The highest BCUT2D eigenvalue weighted by Crippen LogP contribution is 2.16. The van der Waals surface area contributed by atoms with Crippen LogP contribution in [0.5, 0.6) is 0 Å². The number of urea groups is 1. The maximum atomic E-state index is 12.2. The number of hydrogen-bond donors (Lipinski definition) is 2. The van der Waals surface area contributed by atoms with Crippen LogP contribution in [-0.4, -0.2) is 50.7 Å². The molecule has 1 aliphatic rings. The average Bonchev–Trinajstić information content (AvgIpc) is 3.20. The molecule has 2 aromatic heterocycles. The van der Waals surface area contributed by atoms with E-state index in [0.29, 0.717) is 24.5 Å². The lowest BCUT2D eigenvalue weighted by Crippen LogP contribution is -2.44. The molecular formula is C16H20N6O2. The number of carbonyl (C=O) groups is 2. The van der Waals surface area contributed by atoms with Crippen LogP contribution in [0.2, 0.25) is 0 Å². The van der Waals surface area contributed by atoms with Gasteiger partial charge in [-0.15, -0.1) is 0 Å². The number of aromatic nitrogens is 3. The van der Waals surface area contributed by atoms with Crippen molar-refractivity contribution in [3.05, 3.63) is 36.8 Å². The van der Waals surface area contributed by atoms with E-state index in [2.05, 4.69) is 20.7 Å². The zero-order chi connectivity index (χ0) is 16.9. The first-order valence-electron chi connectivity index (χ1n) is 7.94. The minimum atomic E-state index is -0.337. The summed E-state index contributed by atoms with van der Waals surface area (Å²) in [5, 5.41) is 9.77. The molecule has 0 aromatic carbocycles. The summed E-state index contributed by atoms with van der Waals surface area (Å²) >= 11 is 0. The Hall–Kier alpha value is -2.90. The van der Waals surface area contributed by atoms with Gasteiger partial charge >= 0.3 is 6.03 Å². The van der Waals surface area contributed by atoms with Gasteiger partial charge in [-0.05, 0) is 31.5 Å². The molecule has 0 saturated carbocycles. The highest BCUT2D eigenvalue weighted by Gasteiger charge is 2.22. The van der Waals surface area contributed by atoms with Crippen molar-refractivity contribution < 1.29 is 9.59 Å². The number of pyridine rings is 1. The van der Waals surface area contributed by atoms with Crippen LogP contribution in [-0.2, 0) is 4.79 Å². The van der Waals surface area contributed by atoms with Crippen molar-refractivity contribution in [3.8, 4) is 5.82 Å². The summed E-state index contributed by atoms with van der Waals surface area (Å²) in [6, 6.07) is 4.81. The van der Waals surface area contributed by atoms with Gasteiger partial charge < -0.3 is 15.5 Å². The van der Waals surface area contributed by atoms with Crippen LogP contribution >= 0.6 is 0 Å². The Balaban J connectivity index is 1.60. The van der Waals surface area contributed by atoms with Gasteiger partial charge in [-0.1, -0.05) is 0 Å². The summed E-state index contributed by atoms with van der Waals surface area (Å²) < 4.78 is 1.59. The molecule has 0 radical (unpaired) electrons. The number of hydrogen-bond acceptors (Lipinski definition) is 4. The van der Waals surface area contributed by atoms with Gasteiger partial charge in [0.2, 0.25) is 5.91 Å². The fourth-order valence-electron chi connectivity index (χ4n) is 2.73. The molecule has 24 heavy (non-hydrogen) atoms. The van der Waals surface area contributed by atoms with Crippen LogP contribution in [0.1, 0.15) is 19.8 Å². The number of likely N-dealkylation sites (tertiary alicyclic amines) is 1. The fourth-order valence-corrected chi connectivity index (χ4v) is 2.73. The molecule has 1 fully saturated rings. The van der Waals surface area contributed by atoms with E-state index < -0.39 is 0 Å². The van der Waals surface area contributed by atoms with Gasteiger partial charge in [0.1, 0.15) is 0 Å². The van der Waals surface area contributed by atoms with Crippen molar-refractivity contribution in [2.75, 3.05) is 18.4 Å². The molecule has 3 amide bonds. The summed E-state index contributed by atoms with van der Waals surface area (Å²) in [5.74, 6) is 0.692. The molecule has 1 unspecified atom stereocenters. The second kappa shape index (κ2) is 7.12. The SMILES string of the molecule is CC(CN1CCCC1=O)NC(=O)Nc1cccnc1-n1cccn1. The summed E-state index contributed by atoms with van der Waals surface area (Å²) in [7, 11) is 0. The average molecular weight is 328 g/mol. The van der Waals surface area contributed by atoms with Crippen molar-refractivity contribution in [1.29, 1.82) is 0 Å². The maximum Gasteiger partial charge on any atom is 0.319 e. The number of carbonyl (C=O) groups excluding carboxylic acids is 2. The minimum Gasteiger partial charge on any atom is -0.341 e. The first kappa shape index (κ1) is 16.0. The lowest BCUT2D eigenvalue weighted by atomic mass is 10.3. The second-order valence-corrected chi connectivity index (χ2v) is 5.77. The summed E-state index contributed by atoms with van der Waals surface area (Å²) in [5.41, 5.74) is 0.558. The number of nitrogens with one attached hydrogen (secondary N) is 2. The Kier molecular flexibility index (Phi) is 4.74. The van der Waals surface area contributed by atoms with Gasteiger partial charge in [0.05, 0.1) is 5.69 Å². The van der Waals surface area contributed by atoms with E-state index in [1.807, 2.05) is 6.92 Å². The van der Waals surface area contributed by atoms with Crippen molar-refractivity contribution in [3.63, 3.8) is 0 Å². The zero-order valence-electron chi connectivity index (χ0n) is 13.5. The quantitative estimate of drug-likeness (QED) is 0.868. The monoisotopic (exact) mass is 328 g/mol. The van der Waals surface area contributed by atoms with E-state index in [0.717, 1.165) is 13.0 Å². The van der Waals surface area contributed by atoms with Crippen molar-refractivity contribution >= 4 is 17.6 Å². The number of rotatable bonds is 5. The molecule has 1 atom stereocenters. The molecule has 0 spiro atoms. The standard InChI is InChI=1S/C16H20N6O2/c1-12(11-21-9-3-6-14(21)23)19-16(24)20-13-5-2-7-17-15(13)22-10-4-8-18-22/h2,4-5,7-8,10,12H,3,6,9,11H2,1H3,(H2,19,20,24). The molecule has 1 saturated heterocycles. The Morgan fingerprint density at radius 2 is 2.25 bits per heavy atom. The first-order valence-corrected chi connectivity index (χ1v) is 7.94.